The normalized spacial score (nSPS) is 10.3. The van der Waals surface area contributed by atoms with E-state index in [1.54, 1.807) is 7.11 Å². The van der Waals surface area contributed by atoms with Crippen LogP contribution in [0.25, 0.3) is 0 Å². The summed E-state index contributed by atoms with van der Waals surface area (Å²) in [5.74, 6) is 0.955. The van der Waals surface area contributed by atoms with Crippen LogP contribution in [-0.4, -0.2) is 7.11 Å². The molecule has 100 valence electrons. The summed E-state index contributed by atoms with van der Waals surface area (Å²) in [5, 5.41) is 3.45. The molecule has 0 fully saturated rings. The fraction of sp³-hybridized carbons (Fsp3) is 0.294. The zero-order valence-electron chi connectivity index (χ0n) is 12.1. The lowest BCUT2D eigenvalue weighted by molar-refractivity contribution is 0.411. The summed E-state index contributed by atoms with van der Waals surface area (Å²) < 4.78 is 5.34. The molecular formula is C17H21NO. The summed E-state index contributed by atoms with van der Waals surface area (Å²) in [7, 11) is 1.71. The van der Waals surface area contributed by atoms with Crippen molar-refractivity contribution in [1.29, 1.82) is 0 Å². The maximum absolute atomic E-state index is 5.34. The molecule has 2 aromatic rings. The summed E-state index contributed by atoms with van der Waals surface area (Å²) >= 11 is 0. The Bertz CT molecular complexity index is 558. The molecule has 19 heavy (non-hydrogen) atoms. The van der Waals surface area contributed by atoms with Gasteiger partial charge in [-0.3, -0.25) is 0 Å². The van der Waals surface area contributed by atoms with Gasteiger partial charge in [-0.2, -0.15) is 0 Å². The number of nitrogens with one attached hydrogen (secondary N) is 1. The first-order valence-electron chi connectivity index (χ1n) is 6.55. The first-order valence-corrected chi connectivity index (χ1v) is 6.55. The third-order valence-electron chi connectivity index (χ3n) is 3.39. The van der Waals surface area contributed by atoms with Gasteiger partial charge in [0.25, 0.3) is 0 Å². The maximum Gasteiger partial charge on any atom is 0.122 e. The molecule has 2 rings (SSSR count). The van der Waals surface area contributed by atoms with E-state index in [-0.39, 0.29) is 0 Å². The van der Waals surface area contributed by atoms with Gasteiger partial charge in [0.1, 0.15) is 5.75 Å². The molecule has 2 aromatic carbocycles. The number of methoxy groups -OCH3 is 1. The van der Waals surface area contributed by atoms with E-state index >= 15 is 0 Å². The van der Waals surface area contributed by atoms with E-state index < -0.39 is 0 Å². The van der Waals surface area contributed by atoms with Crippen molar-refractivity contribution in [2.24, 2.45) is 0 Å². The maximum atomic E-state index is 5.34. The second kappa shape index (κ2) is 5.79. The Hall–Kier alpha value is -1.96. The molecule has 2 heteroatoms. The molecule has 0 heterocycles. The summed E-state index contributed by atoms with van der Waals surface area (Å²) in [4.78, 5) is 0. The van der Waals surface area contributed by atoms with Gasteiger partial charge in [-0.1, -0.05) is 23.8 Å². The van der Waals surface area contributed by atoms with Crippen LogP contribution in [0.5, 0.6) is 5.75 Å². The lowest BCUT2D eigenvalue weighted by Crippen LogP contribution is -2.02. The minimum atomic E-state index is 0.833. The zero-order valence-corrected chi connectivity index (χ0v) is 12.1. The first kappa shape index (κ1) is 13.5. The van der Waals surface area contributed by atoms with Crippen LogP contribution >= 0.6 is 0 Å². The minimum Gasteiger partial charge on any atom is -0.496 e. The van der Waals surface area contributed by atoms with Gasteiger partial charge >= 0.3 is 0 Å². The molecule has 0 bridgehead atoms. The Balaban J connectivity index is 2.11. The predicted octanol–water partition coefficient (Wildman–Crippen LogP) is 4.23. The van der Waals surface area contributed by atoms with Crippen molar-refractivity contribution in [3.05, 3.63) is 58.7 Å². The molecule has 0 saturated carbocycles. The lowest BCUT2D eigenvalue weighted by atomic mass is 10.0. The largest absolute Gasteiger partial charge is 0.496 e. The monoisotopic (exact) mass is 255 g/mol. The quantitative estimate of drug-likeness (QED) is 0.882. The molecule has 0 aromatic heterocycles. The Morgan fingerprint density at radius 1 is 0.947 bits per heavy atom. The van der Waals surface area contributed by atoms with Crippen molar-refractivity contribution in [2.75, 3.05) is 12.4 Å². The van der Waals surface area contributed by atoms with E-state index in [0.717, 1.165) is 18.0 Å². The van der Waals surface area contributed by atoms with E-state index in [1.807, 2.05) is 0 Å². The Labute approximate surface area is 115 Å². The van der Waals surface area contributed by atoms with E-state index in [0.29, 0.717) is 0 Å². The third-order valence-corrected chi connectivity index (χ3v) is 3.39. The molecule has 0 aliphatic carbocycles. The summed E-state index contributed by atoms with van der Waals surface area (Å²) in [5.41, 5.74) is 6.16. The van der Waals surface area contributed by atoms with E-state index in [2.05, 4.69) is 62.5 Å². The van der Waals surface area contributed by atoms with Crippen LogP contribution in [0, 0.1) is 20.8 Å². The Morgan fingerprint density at radius 3 is 2.26 bits per heavy atom. The molecule has 0 saturated heterocycles. The number of rotatable bonds is 4. The molecular weight excluding hydrogens is 234 g/mol. The lowest BCUT2D eigenvalue weighted by Gasteiger charge is -2.13. The number of ether oxygens (including phenoxy) is 1. The van der Waals surface area contributed by atoms with E-state index in [9.17, 15) is 0 Å². The van der Waals surface area contributed by atoms with Gasteiger partial charge in [0.05, 0.1) is 7.11 Å². The van der Waals surface area contributed by atoms with Crippen molar-refractivity contribution in [3.63, 3.8) is 0 Å². The van der Waals surface area contributed by atoms with Crippen molar-refractivity contribution in [2.45, 2.75) is 27.3 Å². The average Bonchev–Trinajstić information content (AvgIpc) is 2.41. The van der Waals surface area contributed by atoms with Gasteiger partial charge < -0.3 is 10.1 Å². The molecule has 0 unspecified atom stereocenters. The molecule has 0 aliphatic rings. The molecule has 0 aliphatic heterocycles. The van der Waals surface area contributed by atoms with Gasteiger partial charge in [0.2, 0.25) is 0 Å². The fourth-order valence-electron chi connectivity index (χ4n) is 2.13. The highest BCUT2D eigenvalue weighted by atomic mass is 16.5. The third kappa shape index (κ3) is 3.28. The zero-order chi connectivity index (χ0) is 13.8. The standard InChI is InChI=1S/C17H21NO/c1-12-5-7-16(8-6-12)18-11-15-9-14(3)17(19-4)10-13(15)2/h5-10,18H,11H2,1-4H3. The average molecular weight is 255 g/mol. The number of hydrogen-bond acceptors (Lipinski definition) is 2. The molecule has 0 radical (unpaired) electrons. The van der Waals surface area contributed by atoms with Gasteiger partial charge in [0.15, 0.2) is 0 Å². The van der Waals surface area contributed by atoms with Gasteiger partial charge in [-0.15, -0.1) is 0 Å². The predicted molar refractivity (Wildman–Crippen MR) is 81.0 cm³/mol. The van der Waals surface area contributed by atoms with Crippen LogP contribution < -0.4 is 10.1 Å². The van der Waals surface area contributed by atoms with Crippen molar-refractivity contribution in [1.82, 2.24) is 0 Å². The highest BCUT2D eigenvalue weighted by molar-refractivity contribution is 5.47. The van der Waals surface area contributed by atoms with Crippen LogP contribution in [0.2, 0.25) is 0 Å². The molecule has 0 spiro atoms. The minimum absolute atomic E-state index is 0.833. The Morgan fingerprint density at radius 2 is 1.63 bits per heavy atom. The van der Waals surface area contributed by atoms with Crippen LogP contribution in [0.3, 0.4) is 0 Å². The second-order valence-corrected chi connectivity index (χ2v) is 4.97. The number of aryl methyl sites for hydroxylation is 3. The van der Waals surface area contributed by atoms with Crippen LogP contribution in [0.4, 0.5) is 5.69 Å². The topological polar surface area (TPSA) is 21.3 Å². The Kier molecular flexibility index (Phi) is 4.10. The number of hydrogen-bond donors (Lipinski definition) is 1. The molecule has 0 amide bonds. The van der Waals surface area contributed by atoms with E-state index in [4.69, 9.17) is 4.74 Å². The van der Waals surface area contributed by atoms with E-state index in [1.165, 1.54) is 22.3 Å². The van der Waals surface area contributed by atoms with Crippen molar-refractivity contribution >= 4 is 5.69 Å². The van der Waals surface area contributed by atoms with Crippen LogP contribution in [0.15, 0.2) is 36.4 Å². The number of anilines is 1. The smallest absolute Gasteiger partial charge is 0.122 e. The SMILES string of the molecule is COc1cc(C)c(CNc2ccc(C)cc2)cc1C. The summed E-state index contributed by atoms with van der Waals surface area (Å²) in [6, 6.07) is 12.8. The molecule has 2 nitrogen and oxygen atoms in total. The summed E-state index contributed by atoms with van der Waals surface area (Å²) in [6.45, 7) is 7.13. The van der Waals surface area contributed by atoms with Crippen molar-refractivity contribution in [3.8, 4) is 5.75 Å². The fourth-order valence-corrected chi connectivity index (χ4v) is 2.13. The number of benzene rings is 2. The molecule has 1 N–H and O–H groups in total. The van der Waals surface area contributed by atoms with Crippen molar-refractivity contribution < 1.29 is 4.74 Å². The van der Waals surface area contributed by atoms with Crippen LogP contribution in [0.1, 0.15) is 22.3 Å². The van der Waals surface area contributed by atoms with Gasteiger partial charge in [0, 0.05) is 12.2 Å². The van der Waals surface area contributed by atoms with Gasteiger partial charge in [-0.25, -0.2) is 0 Å². The summed E-state index contributed by atoms with van der Waals surface area (Å²) in [6.07, 6.45) is 0. The van der Waals surface area contributed by atoms with Gasteiger partial charge in [-0.05, 0) is 55.7 Å². The van der Waals surface area contributed by atoms with Crippen LogP contribution in [-0.2, 0) is 6.54 Å². The first-order chi connectivity index (χ1) is 9.10. The molecule has 0 atom stereocenters. The highest BCUT2D eigenvalue weighted by Crippen LogP contribution is 2.23. The highest BCUT2D eigenvalue weighted by Gasteiger charge is 2.04. The second-order valence-electron chi connectivity index (χ2n) is 4.97.